The van der Waals surface area contributed by atoms with Crippen molar-refractivity contribution in [3.63, 3.8) is 0 Å². The number of hydrogen-bond donors (Lipinski definition) is 2. The molecule has 3 rings (SSSR count). The van der Waals surface area contributed by atoms with Crippen LogP contribution in [0.3, 0.4) is 0 Å². The first kappa shape index (κ1) is 19.5. The highest BCUT2D eigenvalue weighted by Crippen LogP contribution is 2.25. The third-order valence-electron chi connectivity index (χ3n) is 5.52. The fourth-order valence-electron chi connectivity index (χ4n) is 4.00. The number of likely N-dealkylation sites (tertiary alicyclic amines) is 1. The lowest BCUT2D eigenvalue weighted by Crippen LogP contribution is -2.52. The van der Waals surface area contributed by atoms with Crippen molar-refractivity contribution in [1.29, 1.82) is 0 Å². The maximum absolute atomic E-state index is 12.7. The van der Waals surface area contributed by atoms with Crippen molar-refractivity contribution in [1.82, 2.24) is 15.5 Å². The van der Waals surface area contributed by atoms with E-state index in [1.807, 2.05) is 6.92 Å². The molecule has 0 bridgehead atoms. The SMILES string of the molecule is CCOC(=O)NC1CCCN(C(=O)NC(C)c2ccc3c(c2)CCCC3)C1. The molecule has 3 amide bonds. The van der Waals surface area contributed by atoms with Crippen molar-refractivity contribution in [2.24, 2.45) is 0 Å². The largest absolute Gasteiger partial charge is 0.450 e. The number of rotatable bonds is 4. The van der Waals surface area contributed by atoms with Gasteiger partial charge in [-0.05, 0) is 69.1 Å². The Bertz CT molecular complexity index is 677. The minimum atomic E-state index is -0.410. The molecule has 27 heavy (non-hydrogen) atoms. The Hall–Kier alpha value is -2.24. The molecule has 0 spiro atoms. The van der Waals surface area contributed by atoms with E-state index < -0.39 is 6.09 Å². The highest BCUT2D eigenvalue weighted by Gasteiger charge is 2.26. The molecule has 1 aliphatic heterocycles. The van der Waals surface area contributed by atoms with Gasteiger partial charge in [0, 0.05) is 19.1 Å². The van der Waals surface area contributed by atoms with Crippen LogP contribution in [0.25, 0.3) is 0 Å². The molecular weight excluding hydrogens is 342 g/mol. The third-order valence-corrected chi connectivity index (χ3v) is 5.52. The lowest BCUT2D eigenvalue weighted by atomic mass is 9.89. The fourth-order valence-corrected chi connectivity index (χ4v) is 4.00. The summed E-state index contributed by atoms with van der Waals surface area (Å²) in [5.74, 6) is 0. The number of alkyl carbamates (subject to hydrolysis) is 1. The van der Waals surface area contributed by atoms with E-state index in [0.29, 0.717) is 19.7 Å². The van der Waals surface area contributed by atoms with Crippen molar-refractivity contribution >= 4 is 12.1 Å². The normalized spacial score (nSPS) is 20.4. The van der Waals surface area contributed by atoms with Gasteiger partial charge in [-0.1, -0.05) is 18.2 Å². The van der Waals surface area contributed by atoms with Gasteiger partial charge in [-0.2, -0.15) is 0 Å². The summed E-state index contributed by atoms with van der Waals surface area (Å²) in [7, 11) is 0. The summed E-state index contributed by atoms with van der Waals surface area (Å²) in [4.78, 5) is 26.1. The zero-order valence-electron chi connectivity index (χ0n) is 16.4. The Labute approximate surface area is 161 Å². The number of piperidine rings is 1. The van der Waals surface area contributed by atoms with Gasteiger partial charge in [0.15, 0.2) is 0 Å². The van der Waals surface area contributed by atoms with Crippen LogP contribution in [0.2, 0.25) is 0 Å². The average molecular weight is 373 g/mol. The van der Waals surface area contributed by atoms with Crippen LogP contribution >= 0.6 is 0 Å². The van der Waals surface area contributed by atoms with Crippen LogP contribution in [0.5, 0.6) is 0 Å². The van der Waals surface area contributed by atoms with Crippen LogP contribution in [0.1, 0.15) is 62.3 Å². The highest BCUT2D eigenvalue weighted by molar-refractivity contribution is 5.75. The van der Waals surface area contributed by atoms with Crippen molar-refractivity contribution in [3.8, 4) is 0 Å². The first-order chi connectivity index (χ1) is 13.1. The zero-order chi connectivity index (χ0) is 19.2. The molecule has 2 unspecified atom stereocenters. The predicted octanol–water partition coefficient (Wildman–Crippen LogP) is 3.55. The summed E-state index contributed by atoms with van der Waals surface area (Å²) in [6.45, 7) is 5.38. The molecule has 6 nitrogen and oxygen atoms in total. The van der Waals surface area contributed by atoms with Crippen LogP contribution in [0.15, 0.2) is 18.2 Å². The fraction of sp³-hybridized carbons (Fsp3) is 0.619. The van der Waals surface area contributed by atoms with Gasteiger partial charge in [-0.3, -0.25) is 0 Å². The quantitative estimate of drug-likeness (QED) is 0.848. The minimum absolute atomic E-state index is 0.0388. The van der Waals surface area contributed by atoms with E-state index >= 15 is 0 Å². The molecule has 1 aromatic carbocycles. The smallest absolute Gasteiger partial charge is 0.407 e. The maximum Gasteiger partial charge on any atom is 0.407 e. The first-order valence-electron chi connectivity index (χ1n) is 10.2. The molecular formula is C21H31N3O3. The molecule has 1 heterocycles. The number of fused-ring (bicyclic) bond motifs is 1. The summed E-state index contributed by atoms with van der Waals surface area (Å²) in [5, 5.41) is 5.96. The number of carbonyl (C=O) groups excluding carboxylic acids is 2. The minimum Gasteiger partial charge on any atom is -0.450 e. The van der Waals surface area contributed by atoms with Crippen LogP contribution < -0.4 is 10.6 Å². The van der Waals surface area contributed by atoms with E-state index in [4.69, 9.17) is 4.74 Å². The van der Waals surface area contributed by atoms with Gasteiger partial charge in [-0.15, -0.1) is 0 Å². The summed E-state index contributed by atoms with van der Waals surface area (Å²) in [6, 6.07) is 6.44. The second-order valence-electron chi connectivity index (χ2n) is 7.56. The summed E-state index contributed by atoms with van der Waals surface area (Å²) in [5.41, 5.74) is 4.03. The number of benzene rings is 1. The van der Waals surface area contributed by atoms with Crippen LogP contribution in [0.4, 0.5) is 9.59 Å². The van der Waals surface area contributed by atoms with Crippen molar-refractivity contribution in [3.05, 3.63) is 34.9 Å². The summed E-state index contributed by atoms with van der Waals surface area (Å²) in [6.07, 6.45) is 6.15. The molecule has 0 radical (unpaired) electrons. The average Bonchev–Trinajstić information content (AvgIpc) is 2.68. The van der Waals surface area contributed by atoms with E-state index in [2.05, 4.69) is 28.8 Å². The van der Waals surface area contributed by atoms with Crippen LogP contribution in [-0.4, -0.2) is 42.8 Å². The third kappa shape index (κ3) is 5.15. The van der Waals surface area contributed by atoms with Gasteiger partial charge in [0.1, 0.15) is 0 Å². The topological polar surface area (TPSA) is 70.7 Å². The van der Waals surface area contributed by atoms with Crippen LogP contribution in [-0.2, 0) is 17.6 Å². The zero-order valence-corrected chi connectivity index (χ0v) is 16.4. The Morgan fingerprint density at radius 3 is 2.78 bits per heavy atom. The van der Waals surface area contributed by atoms with Crippen molar-refractivity contribution in [2.75, 3.05) is 19.7 Å². The number of aryl methyl sites for hydroxylation is 2. The second-order valence-corrected chi connectivity index (χ2v) is 7.56. The van der Waals surface area contributed by atoms with Gasteiger partial charge in [-0.25, -0.2) is 9.59 Å². The Morgan fingerprint density at radius 1 is 1.22 bits per heavy atom. The molecule has 1 aromatic rings. The van der Waals surface area contributed by atoms with E-state index in [-0.39, 0.29) is 18.1 Å². The highest BCUT2D eigenvalue weighted by atomic mass is 16.5. The number of urea groups is 1. The molecule has 1 fully saturated rings. The Morgan fingerprint density at radius 2 is 2.00 bits per heavy atom. The van der Waals surface area contributed by atoms with E-state index in [1.165, 1.54) is 30.4 Å². The number of nitrogens with one attached hydrogen (secondary N) is 2. The first-order valence-corrected chi connectivity index (χ1v) is 10.2. The number of carbonyl (C=O) groups is 2. The van der Waals surface area contributed by atoms with E-state index in [0.717, 1.165) is 24.8 Å². The molecule has 1 aliphatic carbocycles. The Balaban J connectivity index is 1.55. The molecule has 6 heteroatoms. The number of ether oxygens (including phenoxy) is 1. The van der Waals surface area contributed by atoms with Gasteiger partial charge in [0.05, 0.1) is 12.6 Å². The number of nitrogens with zero attached hydrogens (tertiary/aromatic N) is 1. The van der Waals surface area contributed by atoms with Gasteiger partial charge in [0.2, 0.25) is 0 Å². The standard InChI is InChI=1S/C21H31N3O3/c1-3-27-21(26)23-19-9-6-12-24(14-19)20(25)22-15(2)17-11-10-16-7-4-5-8-18(16)13-17/h10-11,13,15,19H,3-9,12,14H2,1-2H3,(H,22,25)(H,23,26). The van der Waals surface area contributed by atoms with Gasteiger partial charge < -0.3 is 20.3 Å². The Kier molecular flexibility index (Phi) is 6.58. The molecule has 148 valence electrons. The maximum atomic E-state index is 12.7. The lowest BCUT2D eigenvalue weighted by molar-refractivity contribution is 0.135. The van der Waals surface area contributed by atoms with Crippen molar-refractivity contribution in [2.45, 2.75) is 64.5 Å². The van der Waals surface area contributed by atoms with Crippen LogP contribution in [0, 0.1) is 0 Å². The number of amides is 3. The van der Waals surface area contributed by atoms with E-state index in [9.17, 15) is 9.59 Å². The lowest BCUT2D eigenvalue weighted by Gasteiger charge is -2.33. The molecule has 2 N–H and O–H groups in total. The predicted molar refractivity (Wildman–Crippen MR) is 105 cm³/mol. The molecule has 0 aromatic heterocycles. The molecule has 2 aliphatic rings. The van der Waals surface area contributed by atoms with E-state index in [1.54, 1.807) is 11.8 Å². The molecule has 1 saturated heterocycles. The monoisotopic (exact) mass is 373 g/mol. The van der Waals surface area contributed by atoms with Gasteiger partial charge in [0.25, 0.3) is 0 Å². The second kappa shape index (κ2) is 9.11. The molecule has 2 atom stereocenters. The van der Waals surface area contributed by atoms with Crippen molar-refractivity contribution < 1.29 is 14.3 Å². The summed E-state index contributed by atoms with van der Waals surface area (Å²) >= 11 is 0. The van der Waals surface area contributed by atoms with Gasteiger partial charge >= 0.3 is 12.1 Å². The summed E-state index contributed by atoms with van der Waals surface area (Å²) < 4.78 is 4.94. The molecule has 0 saturated carbocycles. The number of hydrogen-bond acceptors (Lipinski definition) is 3.